The minimum absolute atomic E-state index is 0.331. The van der Waals surface area contributed by atoms with E-state index in [0.29, 0.717) is 11.5 Å². The van der Waals surface area contributed by atoms with Crippen LogP contribution >= 0.6 is 11.3 Å². The van der Waals surface area contributed by atoms with Gasteiger partial charge >= 0.3 is 0 Å². The first kappa shape index (κ1) is 11.1. The van der Waals surface area contributed by atoms with E-state index in [1.807, 2.05) is 0 Å². The van der Waals surface area contributed by atoms with Crippen molar-refractivity contribution >= 4 is 11.3 Å². The summed E-state index contributed by atoms with van der Waals surface area (Å²) in [7, 11) is 0. The molecule has 0 aromatic carbocycles. The van der Waals surface area contributed by atoms with Crippen LogP contribution < -0.4 is 11.3 Å². The largest absolute Gasteiger partial charge is 0.271 e. The van der Waals surface area contributed by atoms with Crippen LogP contribution in [-0.2, 0) is 0 Å². The lowest BCUT2D eigenvalue weighted by Gasteiger charge is -2.40. The van der Waals surface area contributed by atoms with E-state index in [-0.39, 0.29) is 0 Å². The Kier molecular flexibility index (Phi) is 3.44. The maximum absolute atomic E-state index is 5.74. The highest BCUT2D eigenvalue weighted by molar-refractivity contribution is 7.10. The van der Waals surface area contributed by atoms with Crippen molar-refractivity contribution in [1.29, 1.82) is 0 Å². The number of hydrazine groups is 1. The van der Waals surface area contributed by atoms with E-state index in [9.17, 15) is 0 Å². The fourth-order valence-electron chi connectivity index (χ4n) is 2.73. The molecule has 1 aliphatic rings. The molecule has 2 rings (SSSR count). The molecule has 84 valence electrons. The van der Waals surface area contributed by atoms with Crippen LogP contribution in [0, 0.1) is 5.41 Å². The van der Waals surface area contributed by atoms with Crippen molar-refractivity contribution in [3.63, 3.8) is 0 Å². The van der Waals surface area contributed by atoms with Crippen LogP contribution in [0.4, 0.5) is 0 Å². The summed E-state index contributed by atoms with van der Waals surface area (Å²) in [6, 6.07) is 4.63. The maximum Gasteiger partial charge on any atom is 0.0606 e. The fraction of sp³-hybridized carbons (Fsp3) is 0.667. The lowest BCUT2D eigenvalue weighted by atomic mass is 9.70. The third-order valence-corrected chi connectivity index (χ3v) is 4.62. The van der Waals surface area contributed by atoms with Crippen LogP contribution in [0.3, 0.4) is 0 Å². The molecule has 0 amide bonds. The van der Waals surface area contributed by atoms with Gasteiger partial charge in [0.2, 0.25) is 0 Å². The van der Waals surface area contributed by atoms with Crippen molar-refractivity contribution < 1.29 is 0 Å². The Morgan fingerprint density at radius 3 is 2.67 bits per heavy atom. The Morgan fingerprint density at radius 1 is 1.40 bits per heavy atom. The van der Waals surface area contributed by atoms with E-state index in [4.69, 9.17) is 5.84 Å². The predicted molar refractivity (Wildman–Crippen MR) is 65.6 cm³/mol. The molecule has 0 aliphatic heterocycles. The first-order valence-electron chi connectivity index (χ1n) is 5.76. The zero-order valence-electron chi connectivity index (χ0n) is 9.33. The van der Waals surface area contributed by atoms with E-state index >= 15 is 0 Å². The van der Waals surface area contributed by atoms with Crippen LogP contribution in [0.1, 0.15) is 49.9 Å². The molecular formula is C12H20N2S. The van der Waals surface area contributed by atoms with Crippen molar-refractivity contribution in [2.75, 3.05) is 0 Å². The average molecular weight is 224 g/mol. The molecule has 1 fully saturated rings. The van der Waals surface area contributed by atoms with Crippen molar-refractivity contribution in [2.45, 2.75) is 45.1 Å². The monoisotopic (exact) mass is 224 g/mol. The van der Waals surface area contributed by atoms with Crippen molar-refractivity contribution in [3.05, 3.63) is 22.4 Å². The molecule has 1 unspecified atom stereocenters. The summed E-state index contributed by atoms with van der Waals surface area (Å²) < 4.78 is 0. The van der Waals surface area contributed by atoms with Gasteiger partial charge in [-0.05, 0) is 29.7 Å². The Labute approximate surface area is 95.8 Å². The summed E-state index contributed by atoms with van der Waals surface area (Å²) >= 11 is 1.81. The zero-order chi connectivity index (χ0) is 10.7. The second-order valence-electron chi connectivity index (χ2n) is 4.83. The molecule has 3 heteroatoms. The van der Waals surface area contributed by atoms with Gasteiger partial charge in [0.05, 0.1) is 6.04 Å². The maximum atomic E-state index is 5.74. The van der Waals surface area contributed by atoms with E-state index in [1.165, 1.54) is 37.0 Å². The molecule has 1 aromatic rings. The number of rotatable bonds is 3. The molecular weight excluding hydrogens is 204 g/mol. The van der Waals surface area contributed by atoms with Gasteiger partial charge in [-0.3, -0.25) is 11.3 Å². The van der Waals surface area contributed by atoms with Crippen LogP contribution in [-0.4, -0.2) is 0 Å². The normalized spacial score (nSPS) is 22.5. The van der Waals surface area contributed by atoms with E-state index in [1.54, 1.807) is 11.3 Å². The Hall–Kier alpha value is -0.380. The zero-order valence-corrected chi connectivity index (χ0v) is 10.1. The minimum atomic E-state index is 0.331. The third-order valence-electron chi connectivity index (χ3n) is 3.69. The second kappa shape index (κ2) is 4.64. The van der Waals surface area contributed by atoms with Gasteiger partial charge in [0.15, 0.2) is 0 Å². The second-order valence-corrected chi connectivity index (χ2v) is 5.81. The molecule has 1 heterocycles. The van der Waals surface area contributed by atoms with Gasteiger partial charge in [-0.2, -0.15) is 0 Å². The molecule has 2 nitrogen and oxygen atoms in total. The van der Waals surface area contributed by atoms with E-state index in [2.05, 4.69) is 29.9 Å². The topological polar surface area (TPSA) is 38.0 Å². The average Bonchev–Trinajstić information content (AvgIpc) is 2.73. The lowest BCUT2D eigenvalue weighted by Crippen LogP contribution is -2.40. The Balaban J connectivity index is 2.18. The van der Waals surface area contributed by atoms with Crippen LogP contribution in [0.25, 0.3) is 0 Å². The van der Waals surface area contributed by atoms with Crippen LogP contribution in [0.15, 0.2) is 17.5 Å². The molecule has 15 heavy (non-hydrogen) atoms. The minimum Gasteiger partial charge on any atom is -0.271 e. The number of hydrogen-bond donors (Lipinski definition) is 2. The molecule has 1 atom stereocenters. The Bertz CT molecular complexity index is 289. The molecule has 3 N–H and O–H groups in total. The SMILES string of the molecule is CC1(C(NN)c2cccs2)CCCCC1. The summed E-state index contributed by atoms with van der Waals surface area (Å²) in [5, 5.41) is 2.13. The number of thiophene rings is 1. The van der Waals surface area contributed by atoms with Gasteiger partial charge in [0.25, 0.3) is 0 Å². The lowest BCUT2D eigenvalue weighted by molar-refractivity contribution is 0.147. The molecule has 0 saturated heterocycles. The summed E-state index contributed by atoms with van der Waals surface area (Å²) in [5.74, 6) is 5.74. The summed E-state index contributed by atoms with van der Waals surface area (Å²) in [4.78, 5) is 1.38. The molecule has 0 spiro atoms. The van der Waals surface area contributed by atoms with Gasteiger partial charge in [0.1, 0.15) is 0 Å². The fourth-order valence-corrected chi connectivity index (χ4v) is 3.69. The van der Waals surface area contributed by atoms with Crippen molar-refractivity contribution in [2.24, 2.45) is 11.3 Å². The predicted octanol–water partition coefficient (Wildman–Crippen LogP) is 3.22. The molecule has 1 aromatic heterocycles. The van der Waals surface area contributed by atoms with Gasteiger partial charge in [-0.15, -0.1) is 11.3 Å². The number of nitrogens with two attached hydrogens (primary N) is 1. The van der Waals surface area contributed by atoms with E-state index in [0.717, 1.165) is 0 Å². The number of hydrogen-bond acceptors (Lipinski definition) is 3. The summed E-state index contributed by atoms with van der Waals surface area (Å²) in [6.45, 7) is 2.37. The van der Waals surface area contributed by atoms with Gasteiger partial charge in [-0.25, -0.2) is 0 Å². The quantitative estimate of drug-likeness (QED) is 0.611. The third kappa shape index (κ3) is 2.25. The highest BCUT2D eigenvalue weighted by atomic mass is 32.1. The summed E-state index contributed by atoms with van der Waals surface area (Å²) in [5.41, 5.74) is 3.37. The Morgan fingerprint density at radius 2 is 2.13 bits per heavy atom. The first-order chi connectivity index (χ1) is 7.26. The van der Waals surface area contributed by atoms with Crippen molar-refractivity contribution in [3.8, 4) is 0 Å². The van der Waals surface area contributed by atoms with Gasteiger partial charge < -0.3 is 0 Å². The molecule has 1 saturated carbocycles. The van der Waals surface area contributed by atoms with Gasteiger partial charge in [-0.1, -0.05) is 32.3 Å². The van der Waals surface area contributed by atoms with Crippen LogP contribution in [0.5, 0.6) is 0 Å². The molecule has 0 radical (unpaired) electrons. The summed E-state index contributed by atoms with van der Waals surface area (Å²) in [6.07, 6.45) is 6.66. The first-order valence-corrected chi connectivity index (χ1v) is 6.64. The van der Waals surface area contributed by atoms with Crippen molar-refractivity contribution in [1.82, 2.24) is 5.43 Å². The molecule has 0 bridgehead atoms. The smallest absolute Gasteiger partial charge is 0.0606 e. The standard InChI is InChI=1S/C12H20N2S/c1-12(7-3-2-4-8-12)11(14-13)10-6-5-9-15-10/h5-6,9,11,14H,2-4,7-8,13H2,1H3. The molecule has 1 aliphatic carbocycles. The highest BCUT2D eigenvalue weighted by Crippen LogP contribution is 2.46. The van der Waals surface area contributed by atoms with E-state index < -0.39 is 0 Å². The van der Waals surface area contributed by atoms with Crippen LogP contribution in [0.2, 0.25) is 0 Å². The number of nitrogens with one attached hydrogen (secondary N) is 1. The van der Waals surface area contributed by atoms with Gasteiger partial charge in [0, 0.05) is 4.88 Å². The highest BCUT2D eigenvalue weighted by Gasteiger charge is 2.36.